The van der Waals surface area contributed by atoms with E-state index in [1.165, 1.54) is 29.3 Å². The Hall–Kier alpha value is -2.74. The highest BCUT2D eigenvalue weighted by molar-refractivity contribution is 7.90. The molecule has 0 bridgehead atoms. The Bertz CT molecular complexity index is 1060. The van der Waals surface area contributed by atoms with Crippen LogP contribution in [-0.2, 0) is 35.7 Å². The number of ether oxygens (including phenoxy) is 2. The van der Waals surface area contributed by atoms with Crippen molar-refractivity contribution >= 4 is 21.7 Å². The molecule has 0 aromatic heterocycles. The molecule has 2 aromatic carbocycles. The van der Waals surface area contributed by atoms with E-state index in [9.17, 15) is 13.2 Å². The van der Waals surface area contributed by atoms with Crippen LogP contribution in [0.15, 0.2) is 29.2 Å². The van der Waals surface area contributed by atoms with Gasteiger partial charge in [-0.3, -0.25) is 0 Å². The smallest absolute Gasteiger partial charge is 0.333 e. The molecule has 8 heteroatoms. The Kier molecular flexibility index (Phi) is 3.97. The lowest BCUT2D eigenvalue weighted by molar-refractivity contribution is 0.174. The van der Waals surface area contributed by atoms with Crippen LogP contribution < -0.4 is 19.5 Å². The van der Waals surface area contributed by atoms with Gasteiger partial charge in [-0.2, -0.15) is 0 Å². The summed E-state index contributed by atoms with van der Waals surface area (Å²) in [6.07, 6.45) is 5.96. The lowest BCUT2D eigenvalue weighted by Crippen LogP contribution is -2.35. The molecule has 7 nitrogen and oxygen atoms in total. The van der Waals surface area contributed by atoms with Crippen molar-refractivity contribution in [3.8, 4) is 11.5 Å². The molecule has 0 saturated carbocycles. The van der Waals surface area contributed by atoms with Crippen LogP contribution in [0.25, 0.3) is 0 Å². The monoisotopic (exact) mass is 400 g/mol. The van der Waals surface area contributed by atoms with E-state index < -0.39 is 16.1 Å². The topological polar surface area (TPSA) is 93.7 Å². The van der Waals surface area contributed by atoms with Gasteiger partial charge in [0.1, 0.15) is 0 Å². The van der Waals surface area contributed by atoms with Gasteiger partial charge in [-0.1, -0.05) is 6.07 Å². The quantitative estimate of drug-likeness (QED) is 0.826. The van der Waals surface area contributed by atoms with Gasteiger partial charge < -0.3 is 14.8 Å². The van der Waals surface area contributed by atoms with Crippen LogP contribution in [0.4, 0.5) is 10.5 Å². The van der Waals surface area contributed by atoms with Crippen LogP contribution in [-0.4, -0.2) is 21.2 Å². The van der Waals surface area contributed by atoms with Gasteiger partial charge in [0.25, 0.3) is 10.0 Å². The number of rotatable bonds is 3. The predicted molar refractivity (Wildman–Crippen MR) is 102 cm³/mol. The van der Waals surface area contributed by atoms with Crippen molar-refractivity contribution in [3.63, 3.8) is 0 Å². The van der Waals surface area contributed by atoms with Crippen molar-refractivity contribution in [2.75, 3.05) is 12.1 Å². The first-order valence-electron chi connectivity index (χ1n) is 9.41. The van der Waals surface area contributed by atoms with Gasteiger partial charge in [-0.15, -0.1) is 0 Å². The van der Waals surface area contributed by atoms with Gasteiger partial charge in [0.15, 0.2) is 11.5 Å². The molecule has 0 saturated heterocycles. The summed E-state index contributed by atoms with van der Waals surface area (Å²) in [5, 5.41) is 2.84. The van der Waals surface area contributed by atoms with E-state index in [0.29, 0.717) is 11.5 Å². The molecule has 0 atom stereocenters. The summed E-state index contributed by atoms with van der Waals surface area (Å²) in [5.41, 5.74) is 5.65. The molecule has 2 aromatic rings. The normalized spacial score (nSPS) is 16.6. The van der Waals surface area contributed by atoms with Crippen molar-refractivity contribution in [2.24, 2.45) is 0 Å². The lowest BCUT2D eigenvalue weighted by Gasteiger charge is -2.16. The maximum absolute atomic E-state index is 12.6. The average Bonchev–Trinajstić information content (AvgIpc) is 3.40. The number of nitrogens with one attached hydrogen (secondary N) is 2. The number of hydrogen-bond acceptors (Lipinski definition) is 5. The molecular formula is C20H20N2O5S. The fourth-order valence-corrected chi connectivity index (χ4v) is 5.25. The van der Waals surface area contributed by atoms with Crippen LogP contribution in [0, 0.1) is 0 Å². The van der Waals surface area contributed by atoms with Crippen LogP contribution in [0.5, 0.6) is 11.5 Å². The maximum Gasteiger partial charge on any atom is 0.333 e. The summed E-state index contributed by atoms with van der Waals surface area (Å²) < 4.78 is 37.8. The summed E-state index contributed by atoms with van der Waals surface area (Å²) in [6, 6.07) is 5.78. The first-order valence-corrected chi connectivity index (χ1v) is 10.9. The fourth-order valence-electron chi connectivity index (χ4n) is 4.33. The Morgan fingerprint density at radius 1 is 0.893 bits per heavy atom. The minimum Gasteiger partial charge on any atom is -0.454 e. The third-order valence-corrected chi connectivity index (χ3v) is 6.92. The largest absolute Gasteiger partial charge is 0.454 e. The van der Waals surface area contributed by atoms with E-state index >= 15 is 0 Å². The van der Waals surface area contributed by atoms with Crippen molar-refractivity contribution in [3.05, 3.63) is 46.5 Å². The Morgan fingerprint density at radius 3 is 2.29 bits per heavy atom. The number of carbonyl (C=O) groups excluding carboxylic acids is 1. The van der Waals surface area contributed by atoms with E-state index in [0.717, 1.165) is 55.3 Å². The molecule has 1 aliphatic heterocycles. The second kappa shape index (κ2) is 6.41. The first-order chi connectivity index (χ1) is 13.5. The summed E-state index contributed by atoms with van der Waals surface area (Å²) >= 11 is 0. The Labute approximate surface area is 163 Å². The van der Waals surface area contributed by atoms with Gasteiger partial charge in [-0.25, -0.2) is 17.9 Å². The molecule has 146 valence electrons. The number of benzene rings is 2. The van der Waals surface area contributed by atoms with Gasteiger partial charge in [0.05, 0.1) is 4.90 Å². The van der Waals surface area contributed by atoms with Gasteiger partial charge in [-0.05, 0) is 72.9 Å². The molecule has 2 aliphatic carbocycles. The number of carbonyl (C=O) groups is 1. The first kappa shape index (κ1) is 17.4. The summed E-state index contributed by atoms with van der Waals surface area (Å²) in [7, 11) is -4.03. The highest BCUT2D eigenvalue weighted by Crippen LogP contribution is 2.38. The SMILES string of the molecule is O=C(Nc1c2c(cc3c1CCC3)CCC2)NS(=O)(=O)c1ccc2c(c1)OCO2. The average molecular weight is 400 g/mol. The molecular weight excluding hydrogens is 380 g/mol. The summed E-state index contributed by atoms with van der Waals surface area (Å²) in [5.74, 6) is 0.834. The van der Waals surface area contributed by atoms with Crippen molar-refractivity contribution in [1.82, 2.24) is 4.72 Å². The number of amides is 2. The summed E-state index contributed by atoms with van der Waals surface area (Å²) in [6.45, 7) is 0.0526. The third kappa shape index (κ3) is 2.88. The molecule has 5 rings (SSSR count). The number of sulfonamides is 1. The number of urea groups is 1. The van der Waals surface area contributed by atoms with E-state index in [1.807, 2.05) is 0 Å². The molecule has 0 fully saturated rings. The standard InChI is InChI=1S/C20H20N2O5S/c23-20(22-28(24,25)14-7-8-17-18(10-14)27-11-26-17)21-19-15-5-1-3-12(15)9-13-4-2-6-16(13)19/h7-10H,1-6,11H2,(H2,21,22,23). The van der Waals surface area contributed by atoms with Crippen LogP contribution in [0.3, 0.4) is 0 Å². The zero-order chi connectivity index (χ0) is 19.3. The Morgan fingerprint density at radius 2 is 1.57 bits per heavy atom. The van der Waals surface area contributed by atoms with Crippen molar-refractivity contribution < 1.29 is 22.7 Å². The zero-order valence-electron chi connectivity index (χ0n) is 15.2. The van der Waals surface area contributed by atoms with Crippen LogP contribution in [0.2, 0.25) is 0 Å². The minimum absolute atomic E-state index is 0.0459. The minimum atomic E-state index is -4.03. The highest BCUT2D eigenvalue weighted by atomic mass is 32.2. The molecule has 0 radical (unpaired) electrons. The highest BCUT2D eigenvalue weighted by Gasteiger charge is 2.27. The maximum atomic E-state index is 12.6. The van der Waals surface area contributed by atoms with Crippen LogP contribution in [0.1, 0.15) is 35.1 Å². The number of aryl methyl sites for hydroxylation is 2. The number of fused-ring (bicyclic) bond motifs is 3. The molecule has 2 N–H and O–H groups in total. The third-order valence-electron chi connectivity index (χ3n) is 5.59. The van der Waals surface area contributed by atoms with Crippen molar-refractivity contribution in [2.45, 2.75) is 43.4 Å². The molecule has 0 unspecified atom stereocenters. The summed E-state index contributed by atoms with van der Waals surface area (Å²) in [4.78, 5) is 12.5. The molecule has 28 heavy (non-hydrogen) atoms. The second-order valence-corrected chi connectivity index (χ2v) is 8.99. The van der Waals surface area contributed by atoms with Gasteiger partial charge in [0, 0.05) is 11.8 Å². The van der Waals surface area contributed by atoms with E-state index in [4.69, 9.17) is 9.47 Å². The van der Waals surface area contributed by atoms with E-state index in [-0.39, 0.29) is 11.7 Å². The number of anilines is 1. The zero-order valence-corrected chi connectivity index (χ0v) is 16.0. The Balaban J connectivity index is 1.40. The van der Waals surface area contributed by atoms with E-state index in [2.05, 4.69) is 16.1 Å². The van der Waals surface area contributed by atoms with E-state index in [1.54, 1.807) is 0 Å². The molecule has 3 aliphatic rings. The predicted octanol–water partition coefficient (Wildman–Crippen LogP) is 2.90. The van der Waals surface area contributed by atoms with Crippen LogP contribution >= 0.6 is 0 Å². The fraction of sp³-hybridized carbons (Fsp3) is 0.350. The molecule has 2 amide bonds. The second-order valence-electron chi connectivity index (χ2n) is 7.31. The molecule has 0 spiro atoms. The van der Waals surface area contributed by atoms with Crippen molar-refractivity contribution in [1.29, 1.82) is 0 Å². The van der Waals surface area contributed by atoms with Gasteiger partial charge in [0.2, 0.25) is 6.79 Å². The van der Waals surface area contributed by atoms with Gasteiger partial charge >= 0.3 is 6.03 Å². The number of hydrogen-bond donors (Lipinski definition) is 2. The lowest BCUT2D eigenvalue weighted by atomic mass is 9.99. The molecule has 1 heterocycles.